The van der Waals surface area contributed by atoms with Crippen molar-refractivity contribution in [2.45, 2.75) is 26.3 Å². The number of hydrogen-bond acceptors (Lipinski definition) is 5. The van der Waals surface area contributed by atoms with Gasteiger partial charge in [0.2, 0.25) is 5.91 Å². The molecule has 3 aromatic rings. The molecule has 3 amide bonds. The molecule has 0 radical (unpaired) electrons. The number of nitrogens with one attached hydrogen (secondary N) is 1. The number of amides is 3. The number of anilines is 1. The van der Waals surface area contributed by atoms with E-state index < -0.39 is 23.8 Å². The number of fused-ring (bicyclic) bond motifs is 1. The number of halogens is 1. The van der Waals surface area contributed by atoms with Crippen LogP contribution in [0.1, 0.15) is 41.0 Å². The zero-order chi connectivity index (χ0) is 22.1. The second-order valence-electron chi connectivity index (χ2n) is 7.71. The molecule has 1 aliphatic rings. The van der Waals surface area contributed by atoms with Crippen LogP contribution in [-0.2, 0) is 4.79 Å². The van der Waals surface area contributed by atoms with Crippen molar-refractivity contribution in [1.29, 1.82) is 0 Å². The summed E-state index contributed by atoms with van der Waals surface area (Å²) in [4.78, 5) is 44.6. The molecule has 8 heteroatoms. The minimum atomic E-state index is -0.910. The van der Waals surface area contributed by atoms with Crippen molar-refractivity contribution in [3.05, 3.63) is 69.5 Å². The van der Waals surface area contributed by atoms with Crippen molar-refractivity contribution in [3.8, 4) is 11.3 Å². The van der Waals surface area contributed by atoms with Gasteiger partial charge in [-0.05, 0) is 36.6 Å². The topological polar surface area (TPSA) is 79.4 Å². The molecule has 2 heterocycles. The van der Waals surface area contributed by atoms with E-state index in [-0.39, 0.29) is 5.92 Å². The van der Waals surface area contributed by atoms with Gasteiger partial charge < -0.3 is 5.32 Å². The van der Waals surface area contributed by atoms with Gasteiger partial charge in [-0.25, -0.2) is 4.98 Å². The zero-order valence-electron chi connectivity index (χ0n) is 17.0. The van der Waals surface area contributed by atoms with Gasteiger partial charge >= 0.3 is 0 Å². The molecule has 1 atom stereocenters. The SMILES string of the molecule is CC(C)CC(C(=O)Nc1nc(-c2ccc(Br)cc2)cs1)N1C(=O)c2ccccc2C1=O. The van der Waals surface area contributed by atoms with Gasteiger partial charge in [-0.2, -0.15) is 0 Å². The Kier molecular flexibility index (Phi) is 6.02. The molecular formula is C23H20BrN3O3S. The number of imide groups is 1. The summed E-state index contributed by atoms with van der Waals surface area (Å²) in [6.45, 7) is 3.90. The van der Waals surface area contributed by atoms with Crippen LogP contribution in [0, 0.1) is 5.92 Å². The van der Waals surface area contributed by atoms with Gasteiger partial charge in [0.15, 0.2) is 5.13 Å². The third kappa shape index (κ3) is 4.31. The van der Waals surface area contributed by atoms with E-state index in [1.54, 1.807) is 24.3 Å². The lowest BCUT2D eigenvalue weighted by Gasteiger charge is -2.26. The molecule has 1 unspecified atom stereocenters. The number of rotatable bonds is 6. The van der Waals surface area contributed by atoms with Gasteiger partial charge in [-0.1, -0.05) is 54.0 Å². The van der Waals surface area contributed by atoms with Crippen LogP contribution in [0.25, 0.3) is 11.3 Å². The summed E-state index contributed by atoms with van der Waals surface area (Å²) >= 11 is 4.71. The maximum absolute atomic E-state index is 13.2. The van der Waals surface area contributed by atoms with E-state index in [9.17, 15) is 14.4 Å². The fourth-order valence-corrected chi connectivity index (χ4v) is 4.53. The minimum absolute atomic E-state index is 0.106. The van der Waals surface area contributed by atoms with Gasteiger partial charge in [0.25, 0.3) is 11.8 Å². The lowest BCUT2D eigenvalue weighted by atomic mass is 10.0. The molecule has 2 aromatic carbocycles. The molecule has 6 nitrogen and oxygen atoms in total. The van der Waals surface area contributed by atoms with Gasteiger partial charge in [0.05, 0.1) is 16.8 Å². The zero-order valence-corrected chi connectivity index (χ0v) is 19.4. The second-order valence-corrected chi connectivity index (χ2v) is 9.48. The van der Waals surface area contributed by atoms with E-state index in [2.05, 4.69) is 26.2 Å². The molecular weight excluding hydrogens is 478 g/mol. The number of aromatic nitrogens is 1. The summed E-state index contributed by atoms with van der Waals surface area (Å²) in [5, 5.41) is 5.09. The predicted molar refractivity (Wildman–Crippen MR) is 124 cm³/mol. The Hall–Kier alpha value is -2.84. The van der Waals surface area contributed by atoms with Crippen molar-refractivity contribution < 1.29 is 14.4 Å². The number of hydrogen-bond donors (Lipinski definition) is 1. The normalized spacial score (nSPS) is 14.1. The fraction of sp³-hybridized carbons (Fsp3) is 0.217. The van der Waals surface area contributed by atoms with Gasteiger partial charge in [0, 0.05) is 15.4 Å². The molecule has 1 aliphatic heterocycles. The first-order chi connectivity index (χ1) is 14.8. The predicted octanol–water partition coefficient (Wildman–Crippen LogP) is 5.22. The maximum atomic E-state index is 13.2. The minimum Gasteiger partial charge on any atom is -0.300 e. The van der Waals surface area contributed by atoms with Crippen molar-refractivity contribution in [2.75, 3.05) is 5.32 Å². The number of carbonyl (C=O) groups is 3. The molecule has 0 spiro atoms. The monoisotopic (exact) mass is 497 g/mol. The molecule has 31 heavy (non-hydrogen) atoms. The Labute approximate surface area is 192 Å². The molecule has 4 rings (SSSR count). The highest BCUT2D eigenvalue weighted by Gasteiger charge is 2.42. The Balaban J connectivity index is 1.57. The number of carbonyl (C=O) groups excluding carboxylic acids is 3. The van der Waals surface area contributed by atoms with E-state index in [0.29, 0.717) is 22.7 Å². The molecule has 0 saturated heterocycles. The standard InChI is InChI=1S/C23H20BrN3O3S/c1-13(2)11-19(27-21(29)16-5-3-4-6-17(16)22(27)30)20(28)26-23-25-18(12-31-23)14-7-9-15(24)10-8-14/h3-10,12-13,19H,11H2,1-2H3,(H,25,26,28). The third-order valence-electron chi connectivity index (χ3n) is 5.01. The number of thiazole rings is 1. The third-order valence-corrected chi connectivity index (χ3v) is 6.30. The molecule has 0 aliphatic carbocycles. The molecule has 0 bridgehead atoms. The first-order valence-electron chi connectivity index (χ1n) is 9.84. The summed E-state index contributed by atoms with van der Waals surface area (Å²) in [5.41, 5.74) is 2.34. The van der Waals surface area contributed by atoms with Crippen LogP contribution in [0.4, 0.5) is 5.13 Å². The first-order valence-corrected chi connectivity index (χ1v) is 11.5. The van der Waals surface area contributed by atoms with E-state index in [0.717, 1.165) is 20.6 Å². The summed E-state index contributed by atoms with van der Waals surface area (Å²) in [6.07, 6.45) is 0.363. The van der Waals surface area contributed by atoms with Crippen LogP contribution in [0.2, 0.25) is 0 Å². The largest absolute Gasteiger partial charge is 0.300 e. The second kappa shape index (κ2) is 8.72. The van der Waals surface area contributed by atoms with Crippen molar-refractivity contribution >= 4 is 50.1 Å². The Bertz CT molecular complexity index is 1120. The lowest BCUT2D eigenvalue weighted by molar-refractivity contribution is -0.120. The Morgan fingerprint density at radius 1 is 1.06 bits per heavy atom. The average molecular weight is 498 g/mol. The molecule has 1 aromatic heterocycles. The van der Waals surface area contributed by atoms with Crippen LogP contribution in [-0.4, -0.2) is 33.6 Å². The average Bonchev–Trinajstić information content (AvgIpc) is 3.30. The van der Waals surface area contributed by atoms with Gasteiger partial charge in [-0.15, -0.1) is 11.3 Å². The lowest BCUT2D eigenvalue weighted by Crippen LogP contribution is -2.47. The summed E-state index contributed by atoms with van der Waals surface area (Å²) in [6, 6.07) is 13.5. The molecule has 158 valence electrons. The maximum Gasteiger partial charge on any atom is 0.262 e. The highest BCUT2D eigenvalue weighted by atomic mass is 79.9. The van der Waals surface area contributed by atoms with Crippen LogP contribution < -0.4 is 5.32 Å². The van der Waals surface area contributed by atoms with E-state index in [1.165, 1.54) is 11.3 Å². The van der Waals surface area contributed by atoms with E-state index in [4.69, 9.17) is 0 Å². The highest BCUT2D eigenvalue weighted by molar-refractivity contribution is 9.10. The smallest absolute Gasteiger partial charge is 0.262 e. The van der Waals surface area contributed by atoms with E-state index >= 15 is 0 Å². The van der Waals surface area contributed by atoms with Crippen LogP contribution >= 0.6 is 27.3 Å². The molecule has 0 saturated carbocycles. The van der Waals surface area contributed by atoms with Crippen LogP contribution in [0.15, 0.2) is 58.4 Å². The van der Waals surface area contributed by atoms with Crippen molar-refractivity contribution in [2.24, 2.45) is 5.92 Å². The first kappa shape index (κ1) is 21.4. The Morgan fingerprint density at radius 2 is 1.68 bits per heavy atom. The van der Waals surface area contributed by atoms with Crippen LogP contribution in [0.5, 0.6) is 0 Å². The fourth-order valence-electron chi connectivity index (χ4n) is 3.54. The van der Waals surface area contributed by atoms with Gasteiger partial charge in [-0.3, -0.25) is 19.3 Å². The van der Waals surface area contributed by atoms with E-state index in [1.807, 2.05) is 43.5 Å². The van der Waals surface area contributed by atoms with Crippen molar-refractivity contribution in [3.63, 3.8) is 0 Å². The summed E-state index contributed by atoms with van der Waals surface area (Å²) in [7, 11) is 0. The quantitative estimate of drug-likeness (QED) is 0.473. The molecule has 1 N–H and O–H groups in total. The summed E-state index contributed by atoms with van der Waals surface area (Å²) < 4.78 is 0.970. The number of benzene rings is 2. The van der Waals surface area contributed by atoms with Gasteiger partial charge in [0.1, 0.15) is 6.04 Å². The highest BCUT2D eigenvalue weighted by Crippen LogP contribution is 2.29. The Morgan fingerprint density at radius 3 is 2.26 bits per heavy atom. The summed E-state index contributed by atoms with van der Waals surface area (Å²) in [5.74, 6) is -1.18. The molecule has 0 fully saturated rings. The van der Waals surface area contributed by atoms with Crippen molar-refractivity contribution in [1.82, 2.24) is 9.88 Å². The van der Waals surface area contributed by atoms with Crippen LogP contribution in [0.3, 0.4) is 0 Å². The number of nitrogens with zero attached hydrogens (tertiary/aromatic N) is 2.